The molecular formula is C41H72N16O12. The molecule has 0 unspecified atom stereocenters. The summed E-state index contributed by atoms with van der Waals surface area (Å²) in [5, 5.41) is 31.6. The maximum Gasteiger partial charge on any atom is 0.326 e. The number of carboxylic acid groups (broad SMARTS) is 2. The highest BCUT2D eigenvalue weighted by Crippen LogP contribution is 2.22. The van der Waals surface area contributed by atoms with Crippen LogP contribution in [-0.4, -0.2) is 172 Å². The molecule has 69 heavy (non-hydrogen) atoms. The van der Waals surface area contributed by atoms with Crippen molar-refractivity contribution in [2.45, 2.75) is 152 Å². The first-order chi connectivity index (χ1) is 32.6. The van der Waals surface area contributed by atoms with Gasteiger partial charge in [0.05, 0.1) is 6.04 Å². The molecule has 2 saturated heterocycles. The van der Waals surface area contributed by atoms with E-state index in [2.05, 4.69) is 36.6 Å². The average molecular weight is 981 g/mol. The summed E-state index contributed by atoms with van der Waals surface area (Å²) >= 11 is 0. The summed E-state index contributed by atoms with van der Waals surface area (Å²) in [5.74, 6) is -8.98. The Labute approximate surface area is 399 Å². The Kier molecular flexibility index (Phi) is 25.2. The van der Waals surface area contributed by atoms with Crippen LogP contribution in [0.25, 0.3) is 0 Å². The summed E-state index contributed by atoms with van der Waals surface area (Å²) in [6.45, 7) is 1.93. The van der Waals surface area contributed by atoms with Crippen molar-refractivity contribution in [3.63, 3.8) is 0 Å². The predicted octanol–water partition coefficient (Wildman–Crippen LogP) is -5.81. The maximum atomic E-state index is 14.4. The number of nitrogens with two attached hydrogens (primary N) is 7. The van der Waals surface area contributed by atoms with Gasteiger partial charge in [-0.3, -0.25) is 53.1 Å². The van der Waals surface area contributed by atoms with Gasteiger partial charge in [0.1, 0.15) is 42.3 Å². The fourth-order valence-corrected chi connectivity index (χ4v) is 7.73. The van der Waals surface area contributed by atoms with Gasteiger partial charge in [-0.25, -0.2) is 4.79 Å². The number of nitrogens with zero attached hydrogens (tertiary/aromatic N) is 4. The third-order valence-electron chi connectivity index (χ3n) is 11.4. The molecule has 28 nitrogen and oxygen atoms in total. The number of carbonyl (C=O) groups excluding carboxylic acids is 8. The van der Waals surface area contributed by atoms with E-state index in [1.165, 1.54) is 11.8 Å². The summed E-state index contributed by atoms with van der Waals surface area (Å²) in [5.41, 5.74) is 38.7. The van der Waals surface area contributed by atoms with Crippen molar-refractivity contribution in [3.05, 3.63) is 0 Å². The summed E-state index contributed by atoms with van der Waals surface area (Å²) < 4.78 is 0. The molecule has 8 atom stereocenters. The normalized spacial score (nSPS) is 18.0. The molecule has 0 radical (unpaired) electrons. The number of unbranched alkanes of at least 4 members (excludes halogenated alkanes) is 1. The molecule has 21 N–H and O–H groups in total. The van der Waals surface area contributed by atoms with E-state index >= 15 is 0 Å². The summed E-state index contributed by atoms with van der Waals surface area (Å²) in [4.78, 5) is 141. The molecule has 0 spiro atoms. The molecule has 0 aliphatic carbocycles. The number of carboxylic acids is 2. The number of aliphatic carboxylic acids is 2. The first-order valence-electron chi connectivity index (χ1n) is 23.0. The van der Waals surface area contributed by atoms with Crippen molar-refractivity contribution in [2.24, 2.45) is 50.1 Å². The first-order valence-corrected chi connectivity index (χ1v) is 23.0. The summed E-state index contributed by atoms with van der Waals surface area (Å²) in [6, 6.07) is -10.0. The van der Waals surface area contributed by atoms with Gasteiger partial charge in [-0.2, -0.15) is 0 Å². The van der Waals surface area contributed by atoms with Gasteiger partial charge in [-0.15, -0.1) is 0 Å². The zero-order valence-corrected chi connectivity index (χ0v) is 39.1. The van der Waals surface area contributed by atoms with E-state index in [4.69, 9.17) is 45.2 Å². The van der Waals surface area contributed by atoms with Crippen LogP contribution < -0.4 is 66.7 Å². The Morgan fingerprint density at radius 2 is 1.04 bits per heavy atom. The molecule has 2 heterocycles. The number of amides is 8. The van der Waals surface area contributed by atoms with Crippen molar-refractivity contribution in [1.82, 2.24) is 36.4 Å². The molecule has 2 aliphatic heterocycles. The van der Waals surface area contributed by atoms with Crippen LogP contribution in [0.15, 0.2) is 9.98 Å². The van der Waals surface area contributed by atoms with E-state index in [1.807, 2.05) is 0 Å². The third kappa shape index (κ3) is 20.5. The Hall–Kier alpha value is -6.84. The van der Waals surface area contributed by atoms with Crippen molar-refractivity contribution in [2.75, 3.05) is 32.7 Å². The topological polar surface area (TPSA) is 485 Å². The van der Waals surface area contributed by atoms with E-state index in [0.29, 0.717) is 25.7 Å². The second kappa shape index (κ2) is 29.8. The minimum Gasteiger partial charge on any atom is -0.481 e. The molecular weight excluding hydrogens is 909 g/mol. The predicted molar refractivity (Wildman–Crippen MR) is 248 cm³/mol. The van der Waals surface area contributed by atoms with Crippen LogP contribution in [0.5, 0.6) is 0 Å². The van der Waals surface area contributed by atoms with Crippen molar-refractivity contribution in [3.8, 4) is 0 Å². The van der Waals surface area contributed by atoms with Gasteiger partial charge in [-0.1, -0.05) is 0 Å². The molecule has 8 amide bonds. The lowest BCUT2D eigenvalue weighted by Gasteiger charge is -2.31. The largest absolute Gasteiger partial charge is 0.481 e. The van der Waals surface area contributed by atoms with Gasteiger partial charge in [0.25, 0.3) is 0 Å². The number of aliphatic imine (C=N–C) groups is 2. The molecule has 388 valence electrons. The molecule has 2 rings (SSSR count). The monoisotopic (exact) mass is 981 g/mol. The molecule has 0 aromatic heterocycles. The highest BCUT2D eigenvalue weighted by Gasteiger charge is 2.41. The molecule has 0 bridgehead atoms. The minimum absolute atomic E-state index is 0.0406. The van der Waals surface area contributed by atoms with Gasteiger partial charge in [0, 0.05) is 39.0 Å². The molecule has 2 fully saturated rings. The second-order valence-corrected chi connectivity index (χ2v) is 16.9. The van der Waals surface area contributed by atoms with Crippen LogP contribution in [0, 0.1) is 0 Å². The Balaban J connectivity index is 2.33. The highest BCUT2D eigenvalue weighted by atomic mass is 16.4. The minimum atomic E-state index is -1.34. The zero-order valence-electron chi connectivity index (χ0n) is 39.1. The lowest BCUT2D eigenvalue weighted by molar-refractivity contribution is -0.149. The van der Waals surface area contributed by atoms with Gasteiger partial charge in [-0.05, 0) is 96.9 Å². The van der Waals surface area contributed by atoms with Gasteiger partial charge >= 0.3 is 11.9 Å². The van der Waals surface area contributed by atoms with E-state index in [1.54, 1.807) is 0 Å². The number of guanidine groups is 2. The molecule has 0 saturated carbocycles. The quantitative estimate of drug-likeness (QED) is 0.0175. The van der Waals surface area contributed by atoms with E-state index < -0.39 is 114 Å². The number of likely N-dealkylation sites (tertiary alicyclic amines) is 2. The Morgan fingerprint density at radius 1 is 0.580 bits per heavy atom. The van der Waals surface area contributed by atoms with Crippen molar-refractivity contribution < 1.29 is 58.2 Å². The van der Waals surface area contributed by atoms with Crippen LogP contribution in [-0.2, 0) is 47.9 Å². The Morgan fingerprint density at radius 3 is 1.54 bits per heavy atom. The average Bonchev–Trinajstić information content (AvgIpc) is 3.99. The van der Waals surface area contributed by atoms with E-state index in [9.17, 15) is 53.1 Å². The fourth-order valence-electron chi connectivity index (χ4n) is 7.73. The number of hydrogen-bond acceptors (Lipinski definition) is 14. The summed E-state index contributed by atoms with van der Waals surface area (Å²) in [6.07, 6.45) is 1.12. The Bertz CT molecular complexity index is 1880. The summed E-state index contributed by atoms with van der Waals surface area (Å²) in [7, 11) is 0. The molecule has 0 aromatic carbocycles. The number of nitrogens with one attached hydrogen (secondary N) is 5. The van der Waals surface area contributed by atoms with Crippen molar-refractivity contribution >= 4 is 71.1 Å². The number of rotatable bonds is 31. The van der Waals surface area contributed by atoms with Crippen LogP contribution in [0.3, 0.4) is 0 Å². The van der Waals surface area contributed by atoms with Gasteiger partial charge in [0.2, 0.25) is 47.3 Å². The molecule has 0 aromatic rings. The standard InChI is InChI=1S/C41H72N16O12/c1-22(32(61)54-27(14-15-30(44)58)38(67)57-21-7-12-29(57)39(68)69)51-36(65)28-11-6-20-56(28)37(66)26(8-2-3-17-42)55-35(64)25(10-5-19-50-41(47)48)53-34(63)24(9-4-18-49-40(45)46)52-33(62)23(43)13-16-31(59)60/h22-29H,2-21,42-43H2,1H3,(H2,44,58)(H,51,65)(H,52,62)(H,53,63)(H,54,61)(H,55,64)(H,59,60)(H,68,69)(H4,45,46,49)(H4,47,48,50)/t22-,23+,24+,25+,26-,27-,28-,29-/m0/s1. The number of primary amides is 1. The molecule has 28 heteroatoms. The van der Waals surface area contributed by atoms with Gasteiger partial charge < -0.3 is 86.7 Å². The number of hydrogen-bond donors (Lipinski definition) is 14. The number of carbonyl (C=O) groups is 10. The van der Waals surface area contributed by atoms with E-state index in [-0.39, 0.29) is 109 Å². The lowest BCUT2D eigenvalue weighted by atomic mass is 10.0. The second-order valence-electron chi connectivity index (χ2n) is 16.9. The maximum absolute atomic E-state index is 14.4. The fraction of sp³-hybridized carbons (Fsp3) is 0.707. The van der Waals surface area contributed by atoms with Crippen LogP contribution in [0.4, 0.5) is 0 Å². The first kappa shape index (κ1) is 58.3. The van der Waals surface area contributed by atoms with Crippen LogP contribution in [0.1, 0.15) is 103 Å². The smallest absolute Gasteiger partial charge is 0.326 e. The van der Waals surface area contributed by atoms with Crippen LogP contribution >= 0.6 is 0 Å². The zero-order chi connectivity index (χ0) is 51.8. The van der Waals surface area contributed by atoms with Gasteiger partial charge in [0.15, 0.2) is 11.9 Å². The SMILES string of the molecule is C[C@H](NC(=O)[C@@H]1CCCN1C(=O)[C@H](CCCCN)NC(=O)[C@@H](CCCN=C(N)N)NC(=O)[C@@H](CCCN=C(N)N)NC(=O)[C@H](N)CCC(=O)O)C(=O)N[C@@H](CCC(N)=O)C(=O)N1CCC[C@H]1C(=O)O. The van der Waals surface area contributed by atoms with Crippen LogP contribution in [0.2, 0.25) is 0 Å². The third-order valence-corrected chi connectivity index (χ3v) is 11.4. The highest BCUT2D eigenvalue weighted by molar-refractivity contribution is 5.98. The van der Waals surface area contributed by atoms with E-state index in [0.717, 1.165) is 4.90 Å². The van der Waals surface area contributed by atoms with Crippen molar-refractivity contribution in [1.29, 1.82) is 0 Å². The molecule has 2 aliphatic rings. The lowest BCUT2D eigenvalue weighted by Crippen LogP contribution is -2.59.